The number of H-pyrrole nitrogens is 1. The van der Waals surface area contributed by atoms with Crippen LogP contribution in [0.5, 0.6) is 0 Å². The standard InChI is InChI=1S/C22H24F3N7O3/c23-22(24,25)19-16(13-29-30-20(19)33)27-6-10-35-17-5-9-32(21(17)34)15-3-7-31(8-4-15)18-2-1-14(11-26)12-28-18/h1-2,12-13,15,17H,3-10H2,(H2,27,30,33). The molecule has 2 aromatic rings. The molecular formula is C22H24F3N7O3. The van der Waals surface area contributed by atoms with Gasteiger partial charge < -0.3 is 19.9 Å². The molecule has 0 saturated carbocycles. The quantitative estimate of drug-likeness (QED) is 0.561. The Bertz CT molecular complexity index is 1140. The van der Waals surface area contributed by atoms with Gasteiger partial charge in [-0.15, -0.1) is 0 Å². The smallest absolute Gasteiger partial charge is 0.381 e. The highest BCUT2D eigenvalue weighted by atomic mass is 19.4. The molecule has 2 aliphatic heterocycles. The number of aromatic amines is 1. The zero-order valence-corrected chi connectivity index (χ0v) is 18.7. The van der Waals surface area contributed by atoms with Gasteiger partial charge in [-0.3, -0.25) is 9.59 Å². The maximum absolute atomic E-state index is 13.1. The summed E-state index contributed by atoms with van der Waals surface area (Å²) in [5, 5.41) is 16.6. The number of anilines is 2. The van der Waals surface area contributed by atoms with Crippen LogP contribution in [0, 0.1) is 11.3 Å². The zero-order chi connectivity index (χ0) is 25.0. The van der Waals surface area contributed by atoms with Gasteiger partial charge in [0, 0.05) is 44.8 Å². The van der Waals surface area contributed by atoms with Gasteiger partial charge in [-0.2, -0.15) is 23.5 Å². The number of piperidine rings is 1. The summed E-state index contributed by atoms with van der Waals surface area (Å²) >= 11 is 0. The Morgan fingerprint density at radius 2 is 1.94 bits per heavy atom. The lowest BCUT2D eigenvalue weighted by molar-refractivity contribution is -0.139. The van der Waals surface area contributed by atoms with E-state index in [9.17, 15) is 22.8 Å². The highest BCUT2D eigenvalue weighted by molar-refractivity contribution is 5.83. The molecule has 2 aromatic heterocycles. The zero-order valence-electron chi connectivity index (χ0n) is 18.7. The van der Waals surface area contributed by atoms with Crippen molar-refractivity contribution < 1.29 is 22.7 Å². The molecule has 0 aliphatic carbocycles. The van der Waals surface area contributed by atoms with Crippen LogP contribution in [-0.2, 0) is 15.7 Å². The number of carbonyl (C=O) groups excluding carboxylic acids is 1. The number of likely N-dealkylation sites (tertiary alicyclic amines) is 1. The number of halogens is 3. The van der Waals surface area contributed by atoms with Gasteiger partial charge in [-0.25, -0.2) is 10.1 Å². The molecule has 4 heterocycles. The fourth-order valence-electron chi connectivity index (χ4n) is 4.44. The van der Waals surface area contributed by atoms with E-state index >= 15 is 0 Å². The SMILES string of the molecule is N#Cc1ccc(N2CCC(N3CCC(OCCNc4cn[nH]c(=O)c4C(F)(F)F)C3=O)CC2)nc1. The first-order valence-corrected chi connectivity index (χ1v) is 11.2. The number of pyridine rings is 1. The molecule has 13 heteroatoms. The predicted molar refractivity (Wildman–Crippen MR) is 119 cm³/mol. The third-order valence-corrected chi connectivity index (χ3v) is 6.17. The minimum Gasteiger partial charge on any atom is -0.381 e. The molecule has 2 fully saturated rings. The van der Waals surface area contributed by atoms with Crippen molar-refractivity contribution in [2.45, 2.75) is 37.6 Å². The number of nitrogens with one attached hydrogen (secondary N) is 2. The average Bonchev–Trinajstić information content (AvgIpc) is 3.21. The number of nitriles is 1. The van der Waals surface area contributed by atoms with E-state index in [-0.39, 0.29) is 25.1 Å². The van der Waals surface area contributed by atoms with Crippen LogP contribution in [-0.4, -0.2) is 70.9 Å². The summed E-state index contributed by atoms with van der Waals surface area (Å²) in [4.78, 5) is 32.6. The molecule has 0 radical (unpaired) electrons. The van der Waals surface area contributed by atoms with Crippen molar-refractivity contribution in [2.24, 2.45) is 0 Å². The minimum atomic E-state index is -4.83. The molecule has 0 spiro atoms. The van der Waals surface area contributed by atoms with Crippen LogP contribution >= 0.6 is 0 Å². The molecule has 1 atom stereocenters. The van der Waals surface area contributed by atoms with Crippen molar-refractivity contribution in [3.8, 4) is 6.07 Å². The Kier molecular flexibility index (Phi) is 7.20. The first-order valence-electron chi connectivity index (χ1n) is 11.2. The number of hydrogen-bond acceptors (Lipinski definition) is 8. The lowest BCUT2D eigenvalue weighted by Crippen LogP contribution is -2.47. The lowest BCUT2D eigenvalue weighted by atomic mass is 10.0. The van der Waals surface area contributed by atoms with Crippen molar-refractivity contribution in [2.75, 3.05) is 43.0 Å². The summed E-state index contributed by atoms with van der Waals surface area (Å²) in [5.74, 6) is 0.682. The van der Waals surface area contributed by atoms with Crippen LogP contribution in [0.15, 0.2) is 29.3 Å². The van der Waals surface area contributed by atoms with Gasteiger partial charge in [0.1, 0.15) is 23.6 Å². The molecule has 10 nitrogen and oxygen atoms in total. The summed E-state index contributed by atoms with van der Waals surface area (Å²) in [7, 11) is 0. The van der Waals surface area contributed by atoms with Gasteiger partial charge in [-0.1, -0.05) is 0 Å². The molecule has 0 aromatic carbocycles. The maximum atomic E-state index is 13.1. The first-order chi connectivity index (χ1) is 16.8. The number of hydrogen-bond donors (Lipinski definition) is 2. The average molecular weight is 491 g/mol. The van der Waals surface area contributed by atoms with Crippen molar-refractivity contribution in [1.82, 2.24) is 20.1 Å². The third kappa shape index (κ3) is 5.54. The van der Waals surface area contributed by atoms with E-state index < -0.39 is 29.1 Å². The summed E-state index contributed by atoms with van der Waals surface area (Å²) in [6, 6.07) is 5.67. The fourth-order valence-corrected chi connectivity index (χ4v) is 4.44. The number of nitrogens with zero attached hydrogens (tertiary/aromatic N) is 5. The van der Waals surface area contributed by atoms with Crippen molar-refractivity contribution in [3.63, 3.8) is 0 Å². The normalized spacial score (nSPS) is 19.1. The van der Waals surface area contributed by atoms with Crippen molar-refractivity contribution in [1.29, 1.82) is 5.26 Å². The number of ether oxygens (including phenoxy) is 1. The topological polar surface area (TPSA) is 127 Å². The summed E-state index contributed by atoms with van der Waals surface area (Å²) in [5.41, 5.74) is -2.61. The van der Waals surface area contributed by atoms with E-state index in [1.165, 1.54) is 0 Å². The molecular weight excluding hydrogens is 467 g/mol. The monoisotopic (exact) mass is 491 g/mol. The van der Waals surface area contributed by atoms with Gasteiger partial charge in [0.15, 0.2) is 0 Å². The fraction of sp³-hybridized carbons (Fsp3) is 0.500. The lowest BCUT2D eigenvalue weighted by Gasteiger charge is -2.37. The number of rotatable bonds is 7. The molecule has 1 amide bonds. The number of aromatic nitrogens is 3. The molecule has 1 unspecified atom stereocenters. The summed E-state index contributed by atoms with van der Waals surface area (Å²) in [6.07, 6.45) is -0.974. The summed E-state index contributed by atoms with van der Waals surface area (Å²) < 4.78 is 44.9. The number of carbonyl (C=O) groups is 1. The highest BCUT2D eigenvalue weighted by Crippen LogP contribution is 2.31. The van der Waals surface area contributed by atoms with Crippen LogP contribution < -0.4 is 15.8 Å². The Labute approximate surface area is 198 Å². The Morgan fingerprint density at radius 3 is 2.60 bits per heavy atom. The maximum Gasteiger partial charge on any atom is 0.423 e. The Hall–Kier alpha value is -3.66. The summed E-state index contributed by atoms with van der Waals surface area (Å²) in [6.45, 7) is 2.00. The molecule has 4 rings (SSSR count). The molecule has 2 N–H and O–H groups in total. The van der Waals surface area contributed by atoms with E-state index in [2.05, 4.69) is 20.3 Å². The highest BCUT2D eigenvalue weighted by Gasteiger charge is 2.39. The Balaban J connectivity index is 1.24. The van der Waals surface area contributed by atoms with Crippen molar-refractivity contribution in [3.05, 3.63) is 46.0 Å². The van der Waals surface area contributed by atoms with Crippen LogP contribution in [0.1, 0.15) is 30.4 Å². The predicted octanol–water partition coefficient (Wildman–Crippen LogP) is 1.75. The minimum absolute atomic E-state index is 0.00283. The second-order valence-electron chi connectivity index (χ2n) is 8.33. The van der Waals surface area contributed by atoms with E-state index in [1.807, 2.05) is 17.0 Å². The van der Waals surface area contributed by atoms with Crippen LogP contribution in [0.3, 0.4) is 0 Å². The van der Waals surface area contributed by atoms with E-state index in [0.29, 0.717) is 18.5 Å². The first kappa shape index (κ1) is 24.5. The second-order valence-corrected chi connectivity index (χ2v) is 8.33. The Morgan fingerprint density at radius 1 is 1.17 bits per heavy atom. The van der Waals surface area contributed by atoms with Gasteiger partial charge in [-0.05, 0) is 25.0 Å². The van der Waals surface area contributed by atoms with E-state index in [0.717, 1.165) is 37.9 Å². The number of alkyl halides is 3. The molecule has 2 aliphatic rings. The van der Waals surface area contributed by atoms with Crippen molar-refractivity contribution >= 4 is 17.4 Å². The molecule has 186 valence electrons. The van der Waals surface area contributed by atoms with E-state index in [1.54, 1.807) is 17.4 Å². The second kappa shape index (κ2) is 10.3. The molecule has 35 heavy (non-hydrogen) atoms. The number of amides is 1. The van der Waals surface area contributed by atoms with Gasteiger partial charge in [0.05, 0.1) is 24.1 Å². The third-order valence-electron chi connectivity index (χ3n) is 6.17. The van der Waals surface area contributed by atoms with Gasteiger partial charge in [0.25, 0.3) is 11.5 Å². The van der Waals surface area contributed by atoms with Crippen LogP contribution in [0.4, 0.5) is 24.7 Å². The van der Waals surface area contributed by atoms with E-state index in [4.69, 9.17) is 10.00 Å². The molecule has 0 bridgehead atoms. The van der Waals surface area contributed by atoms with Gasteiger partial charge >= 0.3 is 6.18 Å². The van der Waals surface area contributed by atoms with Gasteiger partial charge in [0.2, 0.25) is 0 Å². The largest absolute Gasteiger partial charge is 0.423 e. The molecule has 2 saturated heterocycles. The van der Waals surface area contributed by atoms with Crippen LogP contribution in [0.2, 0.25) is 0 Å². The van der Waals surface area contributed by atoms with Crippen LogP contribution in [0.25, 0.3) is 0 Å².